The van der Waals surface area contributed by atoms with Crippen LogP contribution in [0.3, 0.4) is 0 Å². The van der Waals surface area contributed by atoms with Crippen molar-refractivity contribution in [2.24, 2.45) is 5.92 Å². The van der Waals surface area contributed by atoms with Crippen molar-refractivity contribution in [1.29, 1.82) is 0 Å². The van der Waals surface area contributed by atoms with Crippen LogP contribution in [0.4, 0.5) is 0 Å². The minimum Gasteiger partial charge on any atom is -0.379 e. The smallest absolute Gasteiger partial charge is 0.226 e. The summed E-state index contributed by atoms with van der Waals surface area (Å²) in [5, 5.41) is 0. The van der Waals surface area contributed by atoms with Crippen molar-refractivity contribution in [2.75, 3.05) is 45.9 Å². The number of benzene rings is 1. The van der Waals surface area contributed by atoms with Crippen molar-refractivity contribution in [3.05, 3.63) is 35.4 Å². The first-order valence-corrected chi connectivity index (χ1v) is 9.34. The predicted molar refractivity (Wildman–Crippen MR) is 96.1 cm³/mol. The SMILES string of the molecule is Cc1cccc(CC(=O)N2CCCC(CN3CCOCC3)CC2)c1. The molecule has 4 nitrogen and oxygen atoms in total. The van der Waals surface area contributed by atoms with Crippen molar-refractivity contribution in [3.63, 3.8) is 0 Å². The molecule has 0 spiro atoms. The largest absolute Gasteiger partial charge is 0.379 e. The highest BCUT2D eigenvalue weighted by atomic mass is 16.5. The van der Waals surface area contributed by atoms with Crippen LogP contribution in [0.5, 0.6) is 0 Å². The number of ether oxygens (including phenoxy) is 1. The van der Waals surface area contributed by atoms with Crippen LogP contribution in [0.2, 0.25) is 0 Å². The monoisotopic (exact) mass is 330 g/mol. The summed E-state index contributed by atoms with van der Waals surface area (Å²) in [4.78, 5) is 17.2. The molecule has 0 aliphatic carbocycles. The zero-order chi connectivity index (χ0) is 16.8. The van der Waals surface area contributed by atoms with E-state index in [1.165, 1.54) is 18.5 Å². The van der Waals surface area contributed by atoms with Crippen LogP contribution >= 0.6 is 0 Å². The first-order chi connectivity index (χ1) is 11.7. The van der Waals surface area contributed by atoms with Crippen LogP contribution in [0.15, 0.2) is 24.3 Å². The van der Waals surface area contributed by atoms with Gasteiger partial charge in [-0.2, -0.15) is 0 Å². The fraction of sp³-hybridized carbons (Fsp3) is 0.650. The molecule has 0 aromatic heterocycles. The molecule has 4 heteroatoms. The molecule has 2 heterocycles. The van der Waals surface area contributed by atoms with E-state index < -0.39 is 0 Å². The van der Waals surface area contributed by atoms with Crippen molar-refractivity contribution in [2.45, 2.75) is 32.6 Å². The lowest BCUT2D eigenvalue weighted by atomic mass is 10.00. The average Bonchev–Trinajstić information content (AvgIpc) is 2.81. The molecule has 2 saturated heterocycles. The van der Waals surface area contributed by atoms with Crippen molar-refractivity contribution < 1.29 is 9.53 Å². The molecule has 0 saturated carbocycles. The van der Waals surface area contributed by atoms with Gasteiger partial charge in [0.2, 0.25) is 5.91 Å². The van der Waals surface area contributed by atoms with Crippen LogP contribution in [0, 0.1) is 12.8 Å². The minimum atomic E-state index is 0.285. The maximum atomic E-state index is 12.6. The summed E-state index contributed by atoms with van der Waals surface area (Å²) in [5.41, 5.74) is 2.36. The molecule has 2 fully saturated rings. The molecule has 132 valence electrons. The van der Waals surface area contributed by atoms with Crippen molar-refractivity contribution in [3.8, 4) is 0 Å². The number of hydrogen-bond donors (Lipinski definition) is 0. The fourth-order valence-electron chi connectivity index (χ4n) is 3.85. The number of rotatable bonds is 4. The highest BCUT2D eigenvalue weighted by Gasteiger charge is 2.23. The zero-order valence-electron chi connectivity index (χ0n) is 14.9. The summed E-state index contributed by atoms with van der Waals surface area (Å²) < 4.78 is 5.43. The Morgan fingerprint density at radius 2 is 2.00 bits per heavy atom. The van der Waals surface area contributed by atoms with E-state index in [-0.39, 0.29) is 5.91 Å². The van der Waals surface area contributed by atoms with E-state index in [4.69, 9.17) is 4.74 Å². The van der Waals surface area contributed by atoms with E-state index in [1.54, 1.807) is 0 Å². The van der Waals surface area contributed by atoms with Crippen molar-refractivity contribution in [1.82, 2.24) is 9.80 Å². The van der Waals surface area contributed by atoms with Crippen LogP contribution < -0.4 is 0 Å². The van der Waals surface area contributed by atoms with Gasteiger partial charge in [0.25, 0.3) is 0 Å². The molecule has 2 aliphatic heterocycles. The second kappa shape index (κ2) is 8.63. The fourth-order valence-corrected chi connectivity index (χ4v) is 3.85. The number of carbonyl (C=O) groups excluding carboxylic acids is 1. The number of morpholine rings is 1. The van der Waals surface area contributed by atoms with Gasteiger partial charge in [-0.1, -0.05) is 29.8 Å². The van der Waals surface area contributed by atoms with E-state index in [0.29, 0.717) is 6.42 Å². The Morgan fingerprint density at radius 1 is 1.17 bits per heavy atom. The second-order valence-electron chi connectivity index (χ2n) is 7.26. The molecular weight excluding hydrogens is 300 g/mol. The summed E-state index contributed by atoms with van der Waals surface area (Å²) in [5.74, 6) is 1.01. The first-order valence-electron chi connectivity index (χ1n) is 9.34. The van der Waals surface area contributed by atoms with E-state index in [2.05, 4.69) is 34.9 Å². The third-order valence-electron chi connectivity index (χ3n) is 5.26. The molecule has 1 amide bonds. The van der Waals surface area contributed by atoms with Crippen LogP contribution in [0.25, 0.3) is 0 Å². The summed E-state index contributed by atoms with van der Waals surface area (Å²) in [6.07, 6.45) is 4.05. The van der Waals surface area contributed by atoms with Gasteiger partial charge in [0.05, 0.1) is 19.6 Å². The third kappa shape index (κ3) is 5.05. The number of likely N-dealkylation sites (tertiary alicyclic amines) is 1. The Labute approximate surface area is 145 Å². The molecule has 3 rings (SSSR count). The van der Waals surface area contributed by atoms with Gasteiger partial charge in [-0.3, -0.25) is 9.69 Å². The summed E-state index contributed by atoms with van der Waals surface area (Å²) in [6, 6.07) is 8.30. The molecule has 1 aromatic rings. The molecule has 0 bridgehead atoms. The van der Waals surface area contributed by atoms with E-state index in [0.717, 1.165) is 63.7 Å². The highest BCUT2D eigenvalue weighted by Crippen LogP contribution is 2.20. The van der Waals surface area contributed by atoms with Crippen LogP contribution in [0.1, 0.15) is 30.4 Å². The lowest BCUT2D eigenvalue weighted by Gasteiger charge is -2.30. The predicted octanol–water partition coefficient (Wildman–Crippen LogP) is 2.50. The molecule has 1 aromatic carbocycles. The van der Waals surface area contributed by atoms with Gasteiger partial charge in [0.1, 0.15) is 0 Å². The average molecular weight is 330 g/mol. The summed E-state index contributed by atoms with van der Waals surface area (Å²) in [7, 11) is 0. The molecular formula is C20H30N2O2. The number of aryl methyl sites for hydroxylation is 1. The summed E-state index contributed by atoms with van der Waals surface area (Å²) >= 11 is 0. The minimum absolute atomic E-state index is 0.285. The zero-order valence-corrected chi connectivity index (χ0v) is 14.9. The Morgan fingerprint density at radius 3 is 2.79 bits per heavy atom. The van der Waals surface area contributed by atoms with Crippen molar-refractivity contribution >= 4 is 5.91 Å². The molecule has 0 radical (unpaired) electrons. The quantitative estimate of drug-likeness (QED) is 0.850. The second-order valence-corrected chi connectivity index (χ2v) is 7.26. The molecule has 1 unspecified atom stereocenters. The van der Waals surface area contributed by atoms with Gasteiger partial charge < -0.3 is 9.64 Å². The van der Waals surface area contributed by atoms with Gasteiger partial charge in [-0.15, -0.1) is 0 Å². The maximum absolute atomic E-state index is 12.6. The molecule has 2 aliphatic rings. The van der Waals surface area contributed by atoms with Crippen LogP contribution in [-0.2, 0) is 16.0 Å². The number of hydrogen-bond acceptors (Lipinski definition) is 3. The summed E-state index contributed by atoms with van der Waals surface area (Å²) in [6.45, 7) is 8.95. The number of nitrogens with zero attached hydrogens (tertiary/aromatic N) is 2. The normalized spacial score (nSPS) is 23.0. The highest BCUT2D eigenvalue weighted by molar-refractivity contribution is 5.78. The molecule has 24 heavy (non-hydrogen) atoms. The Balaban J connectivity index is 1.48. The van der Waals surface area contributed by atoms with E-state index in [1.807, 2.05) is 6.07 Å². The van der Waals surface area contributed by atoms with Gasteiger partial charge >= 0.3 is 0 Å². The van der Waals surface area contributed by atoms with E-state index in [9.17, 15) is 4.79 Å². The van der Waals surface area contributed by atoms with Gasteiger partial charge in [-0.25, -0.2) is 0 Å². The van der Waals surface area contributed by atoms with Gasteiger partial charge in [0.15, 0.2) is 0 Å². The number of amides is 1. The standard InChI is InChI=1S/C20H30N2O2/c1-17-4-2-5-19(14-17)15-20(23)22-8-3-6-18(7-9-22)16-21-10-12-24-13-11-21/h2,4-5,14,18H,3,6-13,15-16H2,1H3. The lowest BCUT2D eigenvalue weighted by Crippen LogP contribution is -2.39. The Bertz CT molecular complexity index is 540. The first kappa shape index (κ1) is 17.4. The van der Waals surface area contributed by atoms with E-state index >= 15 is 0 Å². The molecule has 0 N–H and O–H groups in total. The Hall–Kier alpha value is -1.39. The van der Waals surface area contributed by atoms with Gasteiger partial charge in [0, 0.05) is 32.7 Å². The third-order valence-corrected chi connectivity index (χ3v) is 5.26. The van der Waals surface area contributed by atoms with Gasteiger partial charge in [-0.05, 0) is 37.7 Å². The maximum Gasteiger partial charge on any atom is 0.226 e. The number of carbonyl (C=O) groups is 1. The van der Waals surface area contributed by atoms with Crippen LogP contribution in [-0.4, -0.2) is 61.6 Å². The topological polar surface area (TPSA) is 32.8 Å². The molecule has 1 atom stereocenters. The lowest BCUT2D eigenvalue weighted by molar-refractivity contribution is -0.130. The Kier molecular flexibility index (Phi) is 6.27.